The fourth-order valence-corrected chi connectivity index (χ4v) is 1.38. The summed E-state index contributed by atoms with van der Waals surface area (Å²) in [7, 11) is 0. The number of rotatable bonds is 4. The fourth-order valence-electron chi connectivity index (χ4n) is 1.16. The highest BCUT2D eigenvalue weighted by molar-refractivity contribution is 6.17. The van der Waals surface area contributed by atoms with Crippen molar-refractivity contribution in [2.45, 2.75) is 18.6 Å². The average Bonchev–Trinajstić information content (AvgIpc) is 2.18. The first kappa shape index (κ1) is 11.2. The smallest absolute Gasteiger partial charge is 0.129 e. The third kappa shape index (κ3) is 2.57. The van der Waals surface area contributed by atoms with Crippen molar-refractivity contribution in [2.75, 3.05) is 11.6 Å². The Kier molecular flexibility index (Phi) is 4.13. The number of aromatic nitrogens is 1. The van der Waals surface area contributed by atoms with E-state index in [2.05, 4.69) is 4.98 Å². The van der Waals surface area contributed by atoms with Crippen LogP contribution in [0.1, 0.15) is 18.1 Å². The molecule has 0 aliphatic carbocycles. The molecule has 2 atom stereocenters. The van der Waals surface area contributed by atoms with E-state index in [1.54, 1.807) is 12.1 Å². The molecule has 0 fully saturated rings. The van der Waals surface area contributed by atoms with Gasteiger partial charge in [0.15, 0.2) is 0 Å². The van der Waals surface area contributed by atoms with E-state index in [1.807, 2.05) is 0 Å². The summed E-state index contributed by atoms with van der Waals surface area (Å²) < 4.78 is 0. The lowest BCUT2D eigenvalue weighted by molar-refractivity contribution is 0.0173. The van der Waals surface area contributed by atoms with Crippen LogP contribution in [0.3, 0.4) is 0 Å². The molecule has 1 rings (SSSR count). The van der Waals surface area contributed by atoms with Crippen molar-refractivity contribution in [3.05, 3.63) is 23.9 Å². The highest BCUT2D eigenvalue weighted by Crippen LogP contribution is 2.22. The Morgan fingerprint density at radius 2 is 2.21 bits per heavy atom. The number of alkyl halides is 1. The summed E-state index contributed by atoms with van der Waals surface area (Å²) >= 11 is 5.45. The van der Waals surface area contributed by atoms with E-state index < -0.39 is 12.2 Å². The minimum absolute atomic E-state index is 0.230. The summed E-state index contributed by atoms with van der Waals surface area (Å²) in [6.07, 6.45) is -0.0854. The molecule has 1 heterocycles. The zero-order valence-corrected chi connectivity index (χ0v) is 8.35. The molecule has 0 radical (unpaired) electrons. The summed E-state index contributed by atoms with van der Waals surface area (Å²) in [5.74, 6) is 0.520. The van der Waals surface area contributed by atoms with Crippen LogP contribution in [0.4, 0.5) is 5.82 Å². The third-order valence-corrected chi connectivity index (χ3v) is 2.18. The summed E-state index contributed by atoms with van der Waals surface area (Å²) in [4.78, 5) is 3.82. The zero-order chi connectivity index (χ0) is 10.6. The van der Waals surface area contributed by atoms with Gasteiger partial charge in [0.1, 0.15) is 11.9 Å². The second-order valence-electron chi connectivity index (χ2n) is 2.97. The molecule has 5 heteroatoms. The Morgan fingerprint density at radius 3 is 2.79 bits per heavy atom. The Balaban J connectivity index is 2.78. The predicted octanol–water partition coefficient (Wildman–Crippen LogP) is 0.687. The van der Waals surface area contributed by atoms with Crippen molar-refractivity contribution in [2.24, 2.45) is 0 Å². The van der Waals surface area contributed by atoms with Gasteiger partial charge in [-0.1, -0.05) is 6.07 Å². The quantitative estimate of drug-likeness (QED) is 0.647. The van der Waals surface area contributed by atoms with Crippen molar-refractivity contribution < 1.29 is 10.2 Å². The summed E-state index contributed by atoms with van der Waals surface area (Å²) in [6.45, 7) is 0. The zero-order valence-electron chi connectivity index (χ0n) is 7.60. The Labute approximate surface area is 87.3 Å². The first-order chi connectivity index (χ1) is 6.66. The van der Waals surface area contributed by atoms with E-state index in [9.17, 15) is 10.2 Å². The lowest BCUT2D eigenvalue weighted by Crippen LogP contribution is -2.20. The molecule has 1 aromatic rings. The maximum atomic E-state index is 9.67. The normalized spacial score (nSPS) is 15.1. The number of nitrogen functional groups attached to an aromatic ring is 1. The van der Waals surface area contributed by atoms with E-state index in [0.29, 0.717) is 17.9 Å². The van der Waals surface area contributed by atoms with E-state index in [-0.39, 0.29) is 5.82 Å². The van der Waals surface area contributed by atoms with Crippen LogP contribution >= 0.6 is 11.6 Å². The van der Waals surface area contributed by atoms with Gasteiger partial charge in [0.2, 0.25) is 0 Å². The topological polar surface area (TPSA) is 79.4 Å². The molecule has 2 unspecified atom stereocenters. The molecule has 0 bridgehead atoms. The highest BCUT2D eigenvalue weighted by atomic mass is 35.5. The lowest BCUT2D eigenvalue weighted by atomic mass is 10.0. The van der Waals surface area contributed by atoms with E-state index in [0.717, 1.165) is 0 Å². The van der Waals surface area contributed by atoms with Crippen molar-refractivity contribution in [3.8, 4) is 0 Å². The Hall–Kier alpha value is -0.840. The van der Waals surface area contributed by atoms with Gasteiger partial charge in [-0.2, -0.15) is 0 Å². The number of halogens is 1. The first-order valence-electron chi connectivity index (χ1n) is 4.29. The SMILES string of the molecule is Nc1ncccc1C(O)C(O)CCCl. The minimum atomic E-state index is -1.03. The molecule has 0 aromatic carbocycles. The van der Waals surface area contributed by atoms with Crippen LogP contribution in [0.15, 0.2) is 18.3 Å². The summed E-state index contributed by atoms with van der Waals surface area (Å²) in [5, 5.41) is 19.2. The minimum Gasteiger partial charge on any atom is -0.390 e. The lowest BCUT2D eigenvalue weighted by Gasteiger charge is -2.17. The number of anilines is 1. The maximum Gasteiger partial charge on any atom is 0.129 e. The molecule has 4 N–H and O–H groups in total. The van der Waals surface area contributed by atoms with E-state index in [4.69, 9.17) is 17.3 Å². The van der Waals surface area contributed by atoms with Crippen LogP contribution in [0.5, 0.6) is 0 Å². The van der Waals surface area contributed by atoms with Crippen LogP contribution in [0, 0.1) is 0 Å². The van der Waals surface area contributed by atoms with Gasteiger partial charge in [-0.05, 0) is 12.5 Å². The molecule has 0 saturated heterocycles. The van der Waals surface area contributed by atoms with E-state index in [1.165, 1.54) is 6.20 Å². The van der Waals surface area contributed by atoms with Gasteiger partial charge in [0.05, 0.1) is 6.10 Å². The second kappa shape index (κ2) is 5.14. The number of aliphatic hydroxyl groups is 2. The first-order valence-corrected chi connectivity index (χ1v) is 4.82. The van der Waals surface area contributed by atoms with Gasteiger partial charge >= 0.3 is 0 Å². The van der Waals surface area contributed by atoms with Crippen LogP contribution in [0.25, 0.3) is 0 Å². The van der Waals surface area contributed by atoms with Crippen LogP contribution in [0.2, 0.25) is 0 Å². The standard InChI is InChI=1S/C9H13ClN2O2/c10-4-3-7(13)8(14)6-2-1-5-12-9(6)11/h1-2,5,7-8,13-14H,3-4H2,(H2,11,12). The molecule has 14 heavy (non-hydrogen) atoms. The van der Waals surface area contributed by atoms with Gasteiger partial charge in [-0.3, -0.25) is 0 Å². The molecule has 0 aliphatic rings. The van der Waals surface area contributed by atoms with Crippen LogP contribution in [-0.2, 0) is 0 Å². The molecular weight excluding hydrogens is 204 g/mol. The van der Waals surface area contributed by atoms with Crippen LogP contribution in [-0.4, -0.2) is 27.2 Å². The molecule has 0 aliphatic heterocycles. The third-order valence-electron chi connectivity index (χ3n) is 1.96. The second-order valence-corrected chi connectivity index (χ2v) is 3.35. The van der Waals surface area contributed by atoms with Gasteiger partial charge in [0.25, 0.3) is 0 Å². The monoisotopic (exact) mass is 216 g/mol. The molecule has 78 valence electrons. The number of aliphatic hydroxyl groups excluding tert-OH is 2. The van der Waals surface area contributed by atoms with Gasteiger partial charge in [-0.15, -0.1) is 11.6 Å². The number of hydrogen-bond acceptors (Lipinski definition) is 4. The van der Waals surface area contributed by atoms with Gasteiger partial charge < -0.3 is 15.9 Å². The number of nitrogens with zero attached hydrogens (tertiary/aromatic N) is 1. The van der Waals surface area contributed by atoms with E-state index >= 15 is 0 Å². The predicted molar refractivity (Wildman–Crippen MR) is 55.0 cm³/mol. The maximum absolute atomic E-state index is 9.67. The molecule has 1 aromatic heterocycles. The van der Waals surface area contributed by atoms with Gasteiger partial charge in [0, 0.05) is 17.6 Å². The molecular formula is C9H13ClN2O2. The van der Waals surface area contributed by atoms with Crippen LogP contribution < -0.4 is 5.73 Å². The summed E-state index contributed by atoms with van der Waals surface area (Å²) in [5.41, 5.74) is 5.98. The highest BCUT2D eigenvalue weighted by Gasteiger charge is 2.19. The van der Waals surface area contributed by atoms with Crippen molar-refractivity contribution in [3.63, 3.8) is 0 Å². The number of pyridine rings is 1. The number of nitrogens with two attached hydrogens (primary N) is 1. The summed E-state index contributed by atoms with van der Waals surface area (Å²) in [6, 6.07) is 3.28. The number of hydrogen-bond donors (Lipinski definition) is 3. The average molecular weight is 217 g/mol. The van der Waals surface area contributed by atoms with Crippen molar-refractivity contribution in [1.82, 2.24) is 4.98 Å². The molecule has 4 nitrogen and oxygen atoms in total. The molecule has 0 saturated carbocycles. The molecule has 0 amide bonds. The Morgan fingerprint density at radius 1 is 1.50 bits per heavy atom. The Bertz CT molecular complexity index is 296. The molecule has 0 spiro atoms. The van der Waals surface area contributed by atoms with Crippen molar-refractivity contribution in [1.29, 1.82) is 0 Å². The van der Waals surface area contributed by atoms with Crippen molar-refractivity contribution >= 4 is 17.4 Å². The van der Waals surface area contributed by atoms with Gasteiger partial charge in [-0.25, -0.2) is 4.98 Å². The largest absolute Gasteiger partial charge is 0.390 e. The fraction of sp³-hybridized carbons (Fsp3) is 0.444.